The van der Waals surface area contributed by atoms with Crippen LogP contribution in [0.15, 0.2) is 0 Å². The largest absolute Gasteiger partial charge is 0.390 e. The predicted octanol–water partition coefficient (Wildman–Crippen LogP) is 1.96. The van der Waals surface area contributed by atoms with Gasteiger partial charge >= 0.3 is 0 Å². The Morgan fingerprint density at radius 1 is 1.42 bits per heavy atom. The Labute approximate surface area is 74.9 Å². The highest BCUT2D eigenvalue weighted by molar-refractivity contribution is 4.73. The smallest absolute Gasteiger partial charge is 0.0834 e. The molecular formula is C10H20O2. The second-order valence-corrected chi connectivity index (χ2v) is 4.09. The van der Waals surface area contributed by atoms with Crippen molar-refractivity contribution in [3.8, 4) is 0 Å². The summed E-state index contributed by atoms with van der Waals surface area (Å²) in [6.45, 7) is 5.20. The summed E-state index contributed by atoms with van der Waals surface area (Å²) in [7, 11) is 0. The lowest BCUT2D eigenvalue weighted by molar-refractivity contribution is -0.00750. The SMILES string of the molecule is CC(C)CCC(O)C1CCCO1. The molecule has 0 bridgehead atoms. The van der Waals surface area contributed by atoms with Crippen LogP contribution in [0.25, 0.3) is 0 Å². The molecule has 0 spiro atoms. The van der Waals surface area contributed by atoms with Crippen LogP contribution in [-0.4, -0.2) is 23.9 Å². The number of hydrogen-bond donors (Lipinski definition) is 1. The minimum absolute atomic E-state index is 0.128. The van der Waals surface area contributed by atoms with Gasteiger partial charge in [-0.1, -0.05) is 13.8 Å². The van der Waals surface area contributed by atoms with E-state index < -0.39 is 0 Å². The molecule has 1 N–H and O–H groups in total. The van der Waals surface area contributed by atoms with Crippen LogP contribution in [0.5, 0.6) is 0 Å². The van der Waals surface area contributed by atoms with Crippen molar-refractivity contribution in [3.05, 3.63) is 0 Å². The molecule has 2 atom stereocenters. The number of ether oxygens (including phenoxy) is 1. The fourth-order valence-corrected chi connectivity index (χ4v) is 1.60. The number of aliphatic hydroxyl groups excluding tert-OH is 1. The minimum atomic E-state index is -0.227. The van der Waals surface area contributed by atoms with E-state index in [-0.39, 0.29) is 12.2 Å². The molecule has 2 heteroatoms. The van der Waals surface area contributed by atoms with Gasteiger partial charge in [-0.3, -0.25) is 0 Å². The lowest BCUT2D eigenvalue weighted by Crippen LogP contribution is -2.25. The first-order valence-corrected chi connectivity index (χ1v) is 5.00. The summed E-state index contributed by atoms with van der Waals surface area (Å²) >= 11 is 0. The number of hydrogen-bond acceptors (Lipinski definition) is 2. The van der Waals surface area contributed by atoms with Crippen molar-refractivity contribution in [1.82, 2.24) is 0 Å². The topological polar surface area (TPSA) is 29.5 Å². The van der Waals surface area contributed by atoms with E-state index in [2.05, 4.69) is 13.8 Å². The third kappa shape index (κ3) is 3.11. The van der Waals surface area contributed by atoms with Crippen LogP contribution in [0.4, 0.5) is 0 Å². The maximum Gasteiger partial charge on any atom is 0.0834 e. The highest BCUT2D eigenvalue weighted by atomic mass is 16.5. The van der Waals surface area contributed by atoms with Crippen LogP contribution in [0.3, 0.4) is 0 Å². The van der Waals surface area contributed by atoms with Crippen molar-refractivity contribution < 1.29 is 9.84 Å². The molecule has 1 saturated heterocycles. The molecule has 0 aliphatic carbocycles. The van der Waals surface area contributed by atoms with Gasteiger partial charge in [0.15, 0.2) is 0 Å². The van der Waals surface area contributed by atoms with Crippen LogP contribution >= 0.6 is 0 Å². The van der Waals surface area contributed by atoms with Gasteiger partial charge in [0.05, 0.1) is 12.2 Å². The number of rotatable bonds is 4. The van der Waals surface area contributed by atoms with E-state index in [9.17, 15) is 5.11 Å². The Balaban J connectivity index is 2.13. The van der Waals surface area contributed by atoms with Crippen LogP contribution in [0.2, 0.25) is 0 Å². The molecule has 72 valence electrons. The fourth-order valence-electron chi connectivity index (χ4n) is 1.60. The van der Waals surface area contributed by atoms with E-state index in [1.54, 1.807) is 0 Å². The molecule has 1 aliphatic rings. The Hall–Kier alpha value is -0.0800. The van der Waals surface area contributed by atoms with Crippen LogP contribution < -0.4 is 0 Å². The summed E-state index contributed by atoms with van der Waals surface area (Å²) in [5.41, 5.74) is 0. The Bertz CT molecular complexity index is 117. The molecule has 1 aliphatic heterocycles. The van der Waals surface area contributed by atoms with Crippen molar-refractivity contribution in [1.29, 1.82) is 0 Å². The van der Waals surface area contributed by atoms with Gasteiger partial charge in [-0.15, -0.1) is 0 Å². The van der Waals surface area contributed by atoms with Gasteiger partial charge in [0.2, 0.25) is 0 Å². The molecular weight excluding hydrogens is 152 g/mol. The normalized spacial score (nSPS) is 26.5. The van der Waals surface area contributed by atoms with Crippen molar-refractivity contribution >= 4 is 0 Å². The lowest BCUT2D eigenvalue weighted by Gasteiger charge is -2.17. The molecule has 0 saturated carbocycles. The monoisotopic (exact) mass is 172 g/mol. The average Bonchev–Trinajstić information content (AvgIpc) is 2.51. The van der Waals surface area contributed by atoms with E-state index >= 15 is 0 Å². The van der Waals surface area contributed by atoms with E-state index in [4.69, 9.17) is 4.74 Å². The minimum Gasteiger partial charge on any atom is -0.390 e. The molecule has 1 fully saturated rings. The lowest BCUT2D eigenvalue weighted by atomic mass is 10.0. The zero-order valence-electron chi connectivity index (χ0n) is 8.12. The first kappa shape index (κ1) is 10.0. The van der Waals surface area contributed by atoms with Crippen molar-refractivity contribution in [3.63, 3.8) is 0 Å². The molecule has 0 amide bonds. The first-order chi connectivity index (χ1) is 5.70. The maximum atomic E-state index is 9.67. The summed E-state index contributed by atoms with van der Waals surface area (Å²) in [5, 5.41) is 9.67. The second-order valence-electron chi connectivity index (χ2n) is 4.09. The quantitative estimate of drug-likeness (QED) is 0.702. The zero-order valence-corrected chi connectivity index (χ0v) is 8.12. The number of aliphatic hydroxyl groups is 1. The van der Waals surface area contributed by atoms with Gasteiger partial charge in [0, 0.05) is 6.61 Å². The summed E-state index contributed by atoms with van der Waals surface area (Å²) in [5.74, 6) is 0.682. The summed E-state index contributed by atoms with van der Waals surface area (Å²) in [4.78, 5) is 0. The Morgan fingerprint density at radius 3 is 2.67 bits per heavy atom. The molecule has 12 heavy (non-hydrogen) atoms. The van der Waals surface area contributed by atoms with Gasteiger partial charge < -0.3 is 9.84 Å². The molecule has 2 nitrogen and oxygen atoms in total. The van der Waals surface area contributed by atoms with Crippen LogP contribution in [0.1, 0.15) is 39.5 Å². The second kappa shape index (κ2) is 4.83. The third-order valence-corrected chi connectivity index (χ3v) is 2.43. The van der Waals surface area contributed by atoms with E-state index in [1.165, 1.54) is 0 Å². The Morgan fingerprint density at radius 2 is 2.17 bits per heavy atom. The first-order valence-electron chi connectivity index (χ1n) is 5.00. The van der Waals surface area contributed by atoms with Crippen molar-refractivity contribution in [2.75, 3.05) is 6.61 Å². The molecule has 0 radical (unpaired) electrons. The maximum absolute atomic E-state index is 9.67. The van der Waals surface area contributed by atoms with E-state index in [1.807, 2.05) is 0 Å². The molecule has 0 aromatic heterocycles. The van der Waals surface area contributed by atoms with E-state index in [0.717, 1.165) is 32.3 Å². The standard InChI is InChI=1S/C10H20O2/c1-8(2)5-6-9(11)10-4-3-7-12-10/h8-11H,3-7H2,1-2H3. The predicted molar refractivity (Wildman–Crippen MR) is 49.1 cm³/mol. The molecule has 0 aromatic rings. The highest BCUT2D eigenvalue weighted by Gasteiger charge is 2.23. The third-order valence-electron chi connectivity index (χ3n) is 2.43. The summed E-state index contributed by atoms with van der Waals surface area (Å²) < 4.78 is 5.40. The fraction of sp³-hybridized carbons (Fsp3) is 1.00. The van der Waals surface area contributed by atoms with Crippen molar-refractivity contribution in [2.45, 2.75) is 51.7 Å². The highest BCUT2D eigenvalue weighted by Crippen LogP contribution is 2.19. The molecule has 0 aromatic carbocycles. The van der Waals surface area contributed by atoms with Gasteiger partial charge in [-0.25, -0.2) is 0 Å². The molecule has 2 unspecified atom stereocenters. The molecule has 1 rings (SSSR count). The molecule has 1 heterocycles. The summed E-state index contributed by atoms with van der Waals surface area (Å²) in [6, 6.07) is 0. The summed E-state index contributed by atoms with van der Waals surface area (Å²) in [6.07, 6.45) is 4.05. The van der Waals surface area contributed by atoms with Gasteiger partial charge in [0.25, 0.3) is 0 Å². The van der Waals surface area contributed by atoms with Gasteiger partial charge in [-0.2, -0.15) is 0 Å². The zero-order chi connectivity index (χ0) is 8.97. The van der Waals surface area contributed by atoms with Gasteiger partial charge in [0.1, 0.15) is 0 Å². The average molecular weight is 172 g/mol. The Kier molecular flexibility index (Phi) is 4.02. The van der Waals surface area contributed by atoms with Crippen LogP contribution in [0, 0.1) is 5.92 Å². The van der Waals surface area contributed by atoms with Gasteiger partial charge in [-0.05, 0) is 31.6 Å². The van der Waals surface area contributed by atoms with E-state index in [0.29, 0.717) is 5.92 Å². The van der Waals surface area contributed by atoms with Crippen molar-refractivity contribution in [2.24, 2.45) is 5.92 Å². The van der Waals surface area contributed by atoms with Crippen LogP contribution in [-0.2, 0) is 4.74 Å².